The van der Waals surface area contributed by atoms with Crippen LogP contribution < -0.4 is 9.64 Å². The molecule has 0 radical (unpaired) electrons. The maximum atomic E-state index is 6.08. The maximum absolute atomic E-state index is 6.08. The van der Waals surface area contributed by atoms with Gasteiger partial charge in [-0.25, -0.2) is 0 Å². The third kappa shape index (κ3) is 8.25. The van der Waals surface area contributed by atoms with Crippen molar-refractivity contribution in [1.82, 2.24) is 0 Å². The molecular formula is C48H45N7O. The van der Waals surface area contributed by atoms with Crippen LogP contribution in [0.1, 0.15) is 49.3 Å². The van der Waals surface area contributed by atoms with E-state index in [1.54, 1.807) is 0 Å². The molecule has 0 amide bonds. The number of hydrogen-bond donors (Lipinski definition) is 0. The molecule has 0 saturated carbocycles. The number of fused-ring (bicyclic) bond motifs is 3. The first-order valence-corrected chi connectivity index (χ1v) is 19.5. The Kier molecular flexibility index (Phi) is 11.0. The van der Waals surface area contributed by atoms with E-state index in [2.05, 4.69) is 72.4 Å². The second kappa shape index (κ2) is 16.9. The molecule has 0 unspecified atom stereocenters. The van der Waals surface area contributed by atoms with E-state index in [9.17, 15) is 0 Å². The van der Waals surface area contributed by atoms with Crippen LogP contribution in [0.4, 0.5) is 39.8 Å². The monoisotopic (exact) mass is 735 g/mol. The summed E-state index contributed by atoms with van der Waals surface area (Å²) in [7, 11) is 2.15. The van der Waals surface area contributed by atoms with Crippen molar-refractivity contribution in [2.75, 3.05) is 18.5 Å². The van der Waals surface area contributed by atoms with Gasteiger partial charge in [0.05, 0.1) is 34.1 Å². The number of azo groups is 3. The Labute approximate surface area is 328 Å². The first-order valence-electron chi connectivity index (χ1n) is 19.5. The fourth-order valence-electron chi connectivity index (χ4n) is 7.25. The molecule has 0 aliphatic carbocycles. The summed E-state index contributed by atoms with van der Waals surface area (Å²) in [5.74, 6) is 1.57. The lowest BCUT2D eigenvalue weighted by molar-refractivity contribution is 0.482. The van der Waals surface area contributed by atoms with Gasteiger partial charge in [0.1, 0.15) is 11.5 Å². The van der Waals surface area contributed by atoms with E-state index in [0.717, 1.165) is 98.5 Å². The van der Waals surface area contributed by atoms with Crippen molar-refractivity contribution in [2.24, 2.45) is 30.7 Å². The number of aryl methyl sites for hydroxylation is 3. The highest BCUT2D eigenvalue weighted by Crippen LogP contribution is 2.39. The van der Waals surface area contributed by atoms with Crippen molar-refractivity contribution in [3.8, 4) is 11.5 Å². The summed E-state index contributed by atoms with van der Waals surface area (Å²) in [6, 6.07) is 44.4. The molecule has 0 saturated heterocycles. The molecule has 0 bridgehead atoms. The Morgan fingerprint density at radius 3 is 1.59 bits per heavy atom. The minimum Gasteiger partial charge on any atom is -0.457 e. The zero-order valence-electron chi connectivity index (χ0n) is 32.2. The smallest absolute Gasteiger partial charge is 0.127 e. The van der Waals surface area contributed by atoms with Crippen molar-refractivity contribution < 1.29 is 4.74 Å². The third-order valence-electron chi connectivity index (χ3n) is 10.4. The Hall–Kier alpha value is -6.54. The molecule has 8 heteroatoms. The van der Waals surface area contributed by atoms with Gasteiger partial charge in [0.2, 0.25) is 0 Å². The van der Waals surface area contributed by atoms with Gasteiger partial charge in [-0.05, 0) is 122 Å². The number of benzene rings is 7. The molecule has 1 aliphatic rings. The second-order valence-electron chi connectivity index (χ2n) is 14.4. The van der Waals surface area contributed by atoms with Gasteiger partial charge in [0.25, 0.3) is 0 Å². The lowest BCUT2D eigenvalue weighted by atomic mass is 9.99. The van der Waals surface area contributed by atoms with Crippen LogP contribution in [-0.2, 0) is 12.8 Å². The first-order chi connectivity index (χ1) is 27.5. The Balaban J connectivity index is 0.983. The van der Waals surface area contributed by atoms with Gasteiger partial charge in [0, 0.05) is 40.8 Å². The highest BCUT2D eigenvalue weighted by atomic mass is 16.5. The maximum Gasteiger partial charge on any atom is 0.127 e. The molecule has 8 nitrogen and oxygen atoms in total. The number of nitrogens with zero attached hydrogens (tertiary/aromatic N) is 7. The molecule has 0 aromatic heterocycles. The molecule has 0 atom stereocenters. The van der Waals surface area contributed by atoms with E-state index < -0.39 is 0 Å². The minimum absolute atomic E-state index is 0.733. The number of anilines is 1. The van der Waals surface area contributed by atoms with Crippen molar-refractivity contribution in [3.05, 3.63) is 150 Å². The standard InChI is InChI=1S/C48H45N7O/c1-4-5-6-12-34-18-22-37(23-19-34)56-38-24-20-36(21-25-38)49-50-43-26-27-44(40-15-8-7-14-39(40)43)51-52-45-28-29-46(42-17-10-9-16-41(42)45)53-54-47-32-35-13-11-30-55(3)48(35)31-33(47)2/h7-10,14-29,31-32H,4-6,11-13,30H2,1-3H3. The summed E-state index contributed by atoms with van der Waals surface area (Å²) in [5.41, 5.74) is 9.76. The highest BCUT2D eigenvalue weighted by Gasteiger charge is 2.16. The predicted octanol–water partition coefficient (Wildman–Crippen LogP) is 15.5. The fraction of sp³-hybridized carbons (Fsp3) is 0.208. The number of unbranched alkanes of at least 4 members (excludes halogenated alkanes) is 2. The molecule has 7 aromatic carbocycles. The van der Waals surface area contributed by atoms with Gasteiger partial charge in [-0.15, -0.1) is 20.5 Å². The van der Waals surface area contributed by atoms with Crippen LogP contribution in [0, 0.1) is 6.92 Å². The van der Waals surface area contributed by atoms with E-state index in [-0.39, 0.29) is 0 Å². The van der Waals surface area contributed by atoms with Gasteiger partial charge in [0.15, 0.2) is 0 Å². The Bertz CT molecular complexity index is 2580. The largest absolute Gasteiger partial charge is 0.457 e. The Morgan fingerprint density at radius 1 is 0.554 bits per heavy atom. The van der Waals surface area contributed by atoms with Gasteiger partial charge in [-0.1, -0.05) is 80.4 Å². The zero-order valence-corrected chi connectivity index (χ0v) is 32.2. The van der Waals surface area contributed by atoms with Crippen LogP contribution in [0.3, 0.4) is 0 Å². The summed E-state index contributed by atoms with van der Waals surface area (Å²) in [6.45, 7) is 5.41. The van der Waals surface area contributed by atoms with Crippen molar-refractivity contribution in [2.45, 2.75) is 52.4 Å². The summed E-state index contributed by atoms with van der Waals surface area (Å²) in [5, 5.41) is 31.9. The van der Waals surface area contributed by atoms with Crippen LogP contribution in [0.25, 0.3) is 21.5 Å². The van der Waals surface area contributed by atoms with E-state index in [1.807, 2.05) is 97.1 Å². The lowest BCUT2D eigenvalue weighted by Gasteiger charge is -2.28. The number of hydrogen-bond acceptors (Lipinski definition) is 8. The van der Waals surface area contributed by atoms with E-state index in [0.29, 0.717) is 0 Å². The molecule has 278 valence electrons. The van der Waals surface area contributed by atoms with Crippen LogP contribution in [0.15, 0.2) is 164 Å². The van der Waals surface area contributed by atoms with E-state index in [1.165, 1.54) is 36.1 Å². The molecule has 8 rings (SSSR count). The summed E-state index contributed by atoms with van der Waals surface area (Å²) in [4.78, 5) is 2.32. The van der Waals surface area contributed by atoms with E-state index in [4.69, 9.17) is 25.2 Å². The molecule has 56 heavy (non-hydrogen) atoms. The van der Waals surface area contributed by atoms with Crippen LogP contribution in [0.5, 0.6) is 11.5 Å². The minimum atomic E-state index is 0.733. The number of rotatable bonds is 12. The lowest BCUT2D eigenvalue weighted by Crippen LogP contribution is -2.24. The summed E-state index contributed by atoms with van der Waals surface area (Å²) in [6.07, 6.45) is 7.02. The summed E-state index contributed by atoms with van der Waals surface area (Å²) < 4.78 is 6.08. The molecule has 0 N–H and O–H groups in total. The molecule has 1 heterocycles. The predicted molar refractivity (Wildman–Crippen MR) is 229 cm³/mol. The normalized spacial score (nSPS) is 13.1. The highest BCUT2D eigenvalue weighted by molar-refractivity contribution is 6.01. The van der Waals surface area contributed by atoms with Crippen molar-refractivity contribution >= 4 is 61.4 Å². The SMILES string of the molecule is CCCCCc1ccc(Oc2ccc(N=Nc3ccc(N=Nc4ccc(N=Nc5cc6c(cc5C)N(C)CCC6)c5ccccc45)c4ccccc34)cc2)cc1. The zero-order chi connectivity index (χ0) is 38.3. The van der Waals surface area contributed by atoms with Crippen LogP contribution in [-0.4, -0.2) is 13.6 Å². The summed E-state index contributed by atoms with van der Waals surface area (Å²) >= 11 is 0. The molecular weight excluding hydrogens is 691 g/mol. The van der Waals surface area contributed by atoms with Crippen molar-refractivity contribution in [3.63, 3.8) is 0 Å². The van der Waals surface area contributed by atoms with Crippen LogP contribution >= 0.6 is 0 Å². The van der Waals surface area contributed by atoms with Crippen molar-refractivity contribution in [1.29, 1.82) is 0 Å². The van der Waals surface area contributed by atoms with Gasteiger partial charge in [-0.3, -0.25) is 0 Å². The Morgan fingerprint density at radius 2 is 1.05 bits per heavy atom. The topological polar surface area (TPSA) is 86.6 Å². The molecule has 0 fully saturated rings. The second-order valence-corrected chi connectivity index (χ2v) is 14.4. The van der Waals surface area contributed by atoms with E-state index >= 15 is 0 Å². The average Bonchev–Trinajstić information content (AvgIpc) is 3.23. The average molecular weight is 736 g/mol. The van der Waals surface area contributed by atoms with Gasteiger partial charge in [-0.2, -0.15) is 10.2 Å². The third-order valence-corrected chi connectivity index (χ3v) is 10.4. The first kappa shape index (κ1) is 36.4. The molecule has 1 aliphatic heterocycles. The molecule has 7 aromatic rings. The van der Waals surface area contributed by atoms with Gasteiger partial charge < -0.3 is 9.64 Å². The quantitative estimate of drug-likeness (QED) is 0.0924. The fourth-order valence-corrected chi connectivity index (χ4v) is 7.25. The van der Waals surface area contributed by atoms with Crippen LogP contribution in [0.2, 0.25) is 0 Å². The molecule has 0 spiro atoms. The number of ether oxygens (including phenoxy) is 1. The van der Waals surface area contributed by atoms with Gasteiger partial charge >= 0.3 is 0 Å².